The summed E-state index contributed by atoms with van der Waals surface area (Å²) in [4.78, 5) is 13.7. The largest absolute Gasteiger partial charge is 0.496 e. The van der Waals surface area contributed by atoms with Gasteiger partial charge in [-0.15, -0.1) is 0 Å². The molecule has 4 atom stereocenters. The SMILES string of the molecule is COc1cccc(C2C(C)CCC2C(=O)Cn2nc(C3CC3)cc2C(C)(F)F)c1C1CCCOC1. The van der Waals surface area contributed by atoms with E-state index >= 15 is 0 Å². The quantitative estimate of drug-likeness (QED) is 0.448. The highest BCUT2D eigenvalue weighted by molar-refractivity contribution is 5.82. The Hall–Kier alpha value is -2.28. The Morgan fingerprint density at radius 1 is 1.20 bits per heavy atom. The van der Waals surface area contributed by atoms with E-state index in [0.717, 1.165) is 68.9 Å². The van der Waals surface area contributed by atoms with Crippen molar-refractivity contribution >= 4 is 5.78 Å². The number of alkyl halides is 2. The van der Waals surface area contributed by atoms with Crippen LogP contribution in [0.2, 0.25) is 0 Å². The maximum atomic E-state index is 14.4. The van der Waals surface area contributed by atoms with Crippen LogP contribution in [-0.2, 0) is 22.0 Å². The fourth-order valence-corrected chi connectivity index (χ4v) is 6.27. The van der Waals surface area contributed by atoms with E-state index in [1.165, 1.54) is 10.7 Å². The molecule has 5 nitrogen and oxygen atoms in total. The molecule has 2 saturated carbocycles. The highest BCUT2D eigenvalue weighted by atomic mass is 19.3. The van der Waals surface area contributed by atoms with Crippen molar-refractivity contribution in [1.29, 1.82) is 0 Å². The number of aromatic nitrogens is 2. The average molecular weight is 487 g/mol. The highest BCUT2D eigenvalue weighted by Gasteiger charge is 2.42. The number of hydrogen-bond acceptors (Lipinski definition) is 4. The number of carbonyl (C=O) groups is 1. The lowest BCUT2D eigenvalue weighted by atomic mass is 9.76. The molecule has 5 rings (SSSR count). The van der Waals surface area contributed by atoms with E-state index in [2.05, 4.69) is 18.1 Å². The fourth-order valence-electron chi connectivity index (χ4n) is 6.27. The minimum absolute atomic E-state index is 0.0102. The Morgan fingerprint density at radius 3 is 2.66 bits per heavy atom. The number of methoxy groups -OCH3 is 1. The van der Waals surface area contributed by atoms with Gasteiger partial charge < -0.3 is 9.47 Å². The Bertz CT molecular complexity index is 1070. The summed E-state index contributed by atoms with van der Waals surface area (Å²) in [6, 6.07) is 7.62. The smallest absolute Gasteiger partial charge is 0.286 e. The van der Waals surface area contributed by atoms with Gasteiger partial charge in [0, 0.05) is 36.8 Å². The molecule has 3 fully saturated rings. The molecule has 1 aliphatic heterocycles. The first-order valence-corrected chi connectivity index (χ1v) is 13.0. The van der Waals surface area contributed by atoms with Crippen molar-refractivity contribution < 1.29 is 23.0 Å². The molecule has 0 radical (unpaired) electrons. The summed E-state index contributed by atoms with van der Waals surface area (Å²) in [5.74, 6) is -1.61. The predicted molar refractivity (Wildman–Crippen MR) is 129 cm³/mol. The second-order valence-corrected chi connectivity index (χ2v) is 10.8. The number of rotatable bonds is 8. The molecule has 2 aromatic rings. The molecule has 0 amide bonds. The molecule has 0 bridgehead atoms. The fraction of sp³-hybridized carbons (Fsp3) is 0.643. The molecule has 1 saturated heterocycles. The summed E-state index contributed by atoms with van der Waals surface area (Å²) in [5, 5.41) is 4.46. The van der Waals surface area contributed by atoms with Gasteiger partial charge >= 0.3 is 0 Å². The lowest BCUT2D eigenvalue weighted by Gasteiger charge is -2.31. The first-order chi connectivity index (χ1) is 16.8. The summed E-state index contributed by atoms with van der Waals surface area (Å²) in [6.07, 6.45) is 5.68. The van der Waals surface area contributed by atoms with E-state index in [1.807, 2.05) is 12.1 Å². The van der Waals surface area contributed by atoms with Crippen LogP contribution >= 0.6 is 0 Å². The van der Waals surface area contributed by atoms with Crippen LogP contribution in [0.4, 0.5) is 8.78 Å². The average Bonchev–Trinajstić information content (AvgIpc) is 3.48. The lowest BCUT2D eigenvalue weighted by Crippen LogP contribution is -2.28. The van der Waals surface area contributed by atoms with E-state index in [1.54, 1.807) is 7.11 Å². The number of Topliss-reactive ketones (excluding diaryl/α,β-unsaturated/α-hetero) is 1. The van der Waals surface area contributed by atoms with E-state index < -0.39 is 5.92 Å². The summed E-state index contributed by atoms with van der Waals surface area (Å²) >= 11 is 0. The number of ether oxygens (including phenoxy) is 2. The molecule has 3 aliphatic rings. The lowest BCUT2D eigenvalue weighted by molar-refractivity contribution is -0.124. The molecule has 1 aromatic carbocycles. The third-order valence-corrected chi connectivity index (χ3v) is 8.19. The zero-order chi connectivity index (χ0) is 24.7. The summed E-state index contributed by atoms with van der Waals surface area (Å²) in [5.41, 5.74) is 2.85. The van der Waals surface area contributed by atoms with Crippen molar-refractivity contribution in [1.82, 2.24) is 9.78 Å². The van der Waals surface area contributed by atoms with Gasteiger partial charge in [-0.05, 0) is 68.1 Å². The Balaban J connectivity index is 1.46. The number of ketones is 1. The van der Waals surface area contributed by atoms with Crippen molar-refractivity contribution in [3.8, 4) is 5.75 Å². The minimum atomic E-state index is -3.04. The Morgan fingerprint density at radius 2 is 2.00 bits per heavy atom. The third kappa shape index (κ3) is 4.89. The molecule has 35 heavy (non-hydrogen) atoms. The molecule has 7 heteroatoms. The molecular formula is C28H36F2N2O3. The van der Waals surface area contributed by atoms with Crippen LogP contribution < -0.4 is 4.74 Å². The van der Waals surface area contributed by atoms with E-state index in [9.17, 15) is 13.6 Å². The minimum Gasteiger partial charge on any atom is -0.496 e. The number of benzene rings is 1. The van der Waals surface area contributed by atoms with Crippen LogP contribution in [0, 0.1) is 11.8 Å². The number of nitrogens with zero attached hydrogens (tertiary/aromatic N) is 2. The van der Waals surface area contributed by atoms with E-state index in [0.29, 0.717) is 18.2 Å². The summed E-state index contributed by atoms with van der Waals surface area (Å²) in [6.45, 7) is 4.41. The van der Waals surface area contributed by atoms with Gasteiger partial charge in [0.15, 0.2) is 5.78 Å². The van der Waals surface area contributed by atoms with Gasteiger partial charge in [-0.3, -0.25) is 9.48 Å². The number of halogens is 2. The van der Waals surface area contributed by atoms with Gasteiger partial charge in [0.25, 0.3) is 5.92 Å². The van der Waals surface area contributed by atoms with Crippen molar-refractivity contribution in [3.63, 3.8) is 0 Å². The van der Waals surface area contributed by atoms with E-state index in [4.69, 9.17) is 9.47 Å². The van der Waals surface area contributed by atoms with Gasteiger partial charge in [0.05, 0.1) is 19.4 Å². The van der Waals surface area contributed by atoms with Crippen molar-refractivity contribution in [2.75, 3.05) is 20.3 Å². The highest BCUT2D eigenvalue weighted by Crippen LogP contribution is 2.49. The normalized spacial score (nSPS) is 27.2. The standard InChI is InChI=1S/C28H36F2N2O3/c1-17-9-12-20(23(33)15-32-25(28(2,29)30)14-22(31-32)18-10-11-18)26(17)21-7-4-8-24(34-3)27(21)19-6-5-13-35-16-19/h4,7-8,14,17-20,26H,5-6,9-13,15-16H2,1-3H3. The first-order valence-electron chi connectivity index (χ1n) is 13.0. The number of hydrogen-bond donors (Lipinski definition) is 0. The van der Waals surface area contributed by atoms with Gasteiger partial charge in [-0.2, -0.15) is 13.9 Å². The summed E-state index contributed by atoms with van der Waals surface area (Å²) in [7, 11) is 1.69. The molecule has 1 aromatic heterocycles. The van der Waals surface area contributed by atoms with Crippen LogP contribution in [0.3, 0.4) is 0 Å². The van der Waals surface area contributed by atoms with Crippen molar-refractivity contribution in [3.05, 3.63) is 46.8 Å². The zero-order valence-electron chi connectivity index (χ0n) is 20.9. The van der Waals surface area contributed by atoms with Crippen LogP contribution in [0.5, 0.6) is 5.75 Å². The first kappa shape index (κ1) is 24.4. The maximum absolute atomic E-state index is 14.4. The van der Waals surface area contributed by atoms with Crippen LogP contribution in [0.25, 0.3) is 0 Å². The van der Waals surface area contributed by atoms with Crippen LogP contribution in [-0.4, -0.2) is 35.9 Å². The van der Waals surface area contributed by atoms with E-state index in [-0.39, 0.29) is 41.7 Å². The molecule has 2 heterocycles. The van der Waals surface area contributed by atoms with Gasteiger partial charge in [-0.25, -0.2) is 0 Å². The molecule has 0 N–H and O–H groups in total. The monoisotopic (exact) mass is 486 g/mol. The van der Waals surface area contributed by atoms with Crippen LogP contribution in [0.1, 0.15) is 92.6 Å². The Kier molecular flexibility index (Phi) is 6.73. The Labute approximate surface area is 206 Å². The van der Waals surface area contributed by atoms with Gasteiger partial charge in [0.1, 0.15) is 18.0 Å². The maximum Gasteiger partial charge on any atom is 0.286 e. The van der Waals surface area contributed by atoms with Crippen molar-refractivity contribution in [2.45, 2.75) is 82.6 Å². The third-order valence-electron chi connectivity index (χ3n) is 8.19. The zero-order valence-corrected chi connectivity index (χ0v) is 20.9. The molecular weight excluding hydrogens is 450 g/mol. The molecule has 190 valence electrons. The topological polar surface area (TPSA) is 53.4 Å². The molecule has 2 aliphatic carbocycles. The van der Waals surface area contributed by atoms with Gasteiger partial charge in [-0.1, -0.05) is 19.1 Å². The number of carbonyl (C=O) groups excluding carboxylic acids is 1. The van der Waals surface area contributed by atoms with Crippen molar-refractivity contribution in [2.24, 2.45) is 11.8 Å². The molecule has 0 spiro atoms. The van der Waals surface area contributed by atoms with Gasteiger partial charge in [0.2, 0.25) is 0 Å². The predicted octanol–water partition coefficient (Wildman–Crippen LogP) is 6.17. The van der Waals surface area contributed by atoms with Crippen LogP contribution in [0.15, 0.2) is 24.3 Å². The second kappa shape index (κ2) is 9.64. The second-order valence-electron chi connectivity index (χ2n) is 10.8. The summed E-state index contributed by atoms with van der Waals surface area (Å²) < 4.78 is 41.6. The molecule has 4 unspecified atom stereocenters.